The van der Waals surface area contributed by atoms with E-state index >= 15 is 0 Å². The maximum absolute atomic E-state index is 2.50. The second kappa shape index (κ2) is 30.2. The summed E-state index contributed by atoms with van der Waals surface area (Å²) in [5.74, 6) is 0. The number of nitrogens with zero attached hydrogens (tertiary/aromatic N) is 1. The van der Waals surface area contributed by atoms with Crippen LogP contribution in [0.3, 0.4) is 0 Å². The summed E-state index contributed by atoms with van der Waals surface area (Å²) in [6.45, 7) is 4.61. The number of rotatable bonds is 30. The molecule has 0 bridgehead atoms. The first-order valence-electron chi connectivity index (χ1n) is 16.9. The average Bonchev–Trinajstić information content (AvgIpc) is 2.85. The minimum absolute atomic E-state index is 0.820. The molecule has 0 aromatic carbocycles. The summed E-state index contributed by atoms with van der Waals surface area (Å²) in [5, 5.41) is 0. The summed E-state index contributed by atoms with van der Waals surface area (Å²) in [6.07, 6.45) is 42.3. The lowest BCUT2D eigenvalue weighted by molar-refractivity contribution is 0.251. The van der Waals surface area contributed by atoms with Crippen LogP contribution in [0.4, 0.5) is 0 Å². The van der Waals surface area contributed by atoms with Crippen LogP contribution in [0.25, 0.3) is 0 Å². The van der Waals surface area contributed by atoms with Crippen molar-refractivity contribution in [2.75, 3.05) is 14.1 Å². The molecule has 1 unspecified atom stereocenters. The molecule has 0 saturated carbocycles. The van der Waals surface area contributed by atoms with E-state index in [-0.39, 0.29) is 0 Å². The van der Waals surface area contributed by atoms with Gasteiger partial charge in [0.2, 0.25) is 0 Å². The molecule has 1 atom stereocenters. The SMILES string of the molecule is CCCCCCCCCCCCCCCCCCCCC(CCCCCCCCCCC)N(C)C. The highest BCUT2D eigenvalue weighted by Gasteiger charge is 2.10. The quantitative estimate of drug-likeness (QED) is 0.0899. The van der Waals surface area contributed by atoms with Gasteiger partial charge in [0.15, 0.2) is 0 Å². The van der Waals surface area contributed by atoms with Crippen LogP contribution >= 0.6 is 0 Å². The van der Waals surface area contributed by atoms with Crippen molar-refractivity contribution in [3.8, 4) is 0 Å². The lowest BCUT2D eigenvalue weighted by Gasteiger charge is -2.24. The van der Waals surface area contributed by atoms with Gasteiger partial charge in [-0.15, -0.1) is 0 Å². The lowest BCUT2D eigenvalue weighted by Crippen LogP contribution is -2.27. The Morgan fingerprint density at radius 3 is 0.714 bits per heavy atom. The predicted octanol–water partition coefficient (Wildman–Crippen LogP) is 12.3. The van der Waals surface area contributed by atoms with Gasteiger partial charge >= 0.3 is 0 Å². The number of hydrogen-bond donors (Lipinski definition) is 0. The van der Waals surface area contributed by atoms with E-state index in [1.165, 1.54) is 186 Å². The summed E-state index contributed by atoms with van der Waals surface area (Å²) >= 11 is 0. The lowest BCUT2D eigenvalue weighted by atomic mass is 9.99. The van der Waals surface area contributed by atoms with Gasteiger partial charge in [0.1, 0.15) is 0 Å². The highest BCUT2D eigenvalue weighted by molar-refractivity contribution is 4.67. The van der Waals surface area contributed by atoms with Crippen LogP contribution in [-0.4, -0.2) is 25.0 Å². The zero-order valence-corrected chi connectivity index (χ0v) is 25.5. The molecule has 0 aliphatic carbocycles. The Bertz CT molecular complexity index is 364. The van der Waals surface area contributed by atoms with E-state index < -0.39 is 0 Å². The van der Waals surface area contributed by atoms with Crippen LogP contribution in [0.5, 0.6) is 0 Å². The standard InChI is InChI=1S/C34H71N/c1-5-7-9-11-13-15-16-17-18-19-20-21-22-23-25-27-29-31-33-34(35(3)4)32-30-28-26-24-14-12-10-8-6-2/h34H,5-33H2,1-4H3. The average molecular weight is 494 g/mol. The first-order valence-corrected chi connectivity index (χ1v) is 16.9. The minimum Gasteiger partial charge on any atom is -0.306 e. The summed E-state index contributed by atoms with van der Waals surface area (Å²) in [5.41, 5.74) is 0. The number of unbranched alkanes of at least 4 members (excludes halogenated alkanes) is 25. The molecule has 0 aromatic heterocycles. The van der Waals surface area contributed by atoms with Gasteiger partial charge in [0, 0.05) is 6.04 Å². The first-order chi connectivity index (χ1) is 17.2. The zero-order valence-electron chi connectivity index (χ0n) is 25.5. The van der Waals surface area contributed by atoms with Gasteiger partial charge in [-0.25, -0.2) is 0 Å². The molecule has 212 valence electrons. The van der Waals surface area contributed by atoms with Gasteiger partial charge in [-0.3, -0.25) is 0 Å². The summed E-state index contributed by atoms with van der Waals surface area (Å²) in [6, 6.07) is 0.820. The molecule has 0 fully saturated rings. The van der Waals surface area contributed by atoms with Crippen molar-refractivity contribution >= 4 is 0 Å². The third-order valence-electron chi connectivity index (χ3n) is 8.26. The van der Waals surface area contributed by atoms with E-state index in [4.69, 9.17) is 0 Å². The second-order valence-electron chi connectivity index (χ2n) is 12.0. The van der Waals surface area contributed by atoms with Crippen molar-refractivity contribution in [2.45, 2.75) is 206 Å². The molecule has 0 aromatic rings. The van der Waals surface area contributed by atoms with E-state index in [9.17, 15) is 0 Å². The molecule has 0 saturated heterocycles. The van der Waals surface area contributed by atoms with Crippen molar-refractivity contribution < 1.29 is 0 Å². The summed E-state index contributed by atoms with van der Waals surface area (Å²) < 4.78 is 0. The van der Waals surface area contributed by atoms with Gasteiger partial charge in [-0.2, -0.15) is 0 Å². The maximum Gasteiger partial charge on any atom is 0.00891 e. The van der Waals surface area contributed by atoms with Crippen LogP contribution < -0.4 is 0 Å². The molecular formula is C34H71N. The zero-order chi connectivity index (χ0) is 25.7. The monoisotopic (exact) mass is 494 g/mol. The van der Waals surface area contributed by atoms with Gasteiger partial charge in [-0.1, -0.05) is 187 Å². The fourth-order valence-corrected chi connectivity index (χ4v) is 5.63. The third kappa shape index (κ3) is 28.4. The Kier molecular flexibility index (Phi) is 30.2. The molecule has 1 nitrogen and oxygen atoms in total. The first kappa shape index (κ1) is 35.0. The normalized spacial score (nSPS) is 12.6. The van der Waals surface area contributed by atoms with Crippen molar-refractivity contribution in [1.82, 2.24) is 4.90 Å². The molecule has 0 heterocycles. The van der Waals surface area contributed by atoms with Gasteiger partial charge in [-0.05, 0) is 26.9 Å². The fourth-order valence-electron chi connectivity index (χ4n) is 5.63. The van der Waals surface area contributed by atoms with E-state index in [1.807, 2.05) is 0 Å². The van der Waals surface area contributed by atoms with E-state index in [0.717, 1.165) is 6.04 Å². The molecule has 35 heavy (non-hydrogen) atoms. The fraction of sp³-hybridized carbons (Fsp3) is 1.00. The second-order valence-corrected chi connectivity index (χ2v) is 12.0. The Morgan fingerprint density at radius 2 is 0.514 bits per heavy atom. The van der Waals surface area contributed by atoms with Gasteiger partial charge in [0.25, 0.3) is 0 Å². The number of hydrogen-bond acceptors (Lipinski definition) is 1. The van der Waals surface area contributed by atoms with Crippen molar-refractivity contribution in [3.63, 3.8) is 0 Å². The summed E-state index contributed by atoms with van der Waals surface area (Å²) in [4.78, 5) is 2.50. The Hall–Kier alpha value is -0.0400. The molecule has 0 aliphatic rings. The van der Waals surface area contributed by atoms with Crippen LogP contribution in [0, 0.1) is 0 Å². The molecule has 0 N–H and O–H groups in total. The van der Waals surface area contributed by atoms with Crippen LogP contribution in [0.1, 0.15) is 200 Å². The van der Waals surface area contributed by atoms with Crippen LogP contribution in [0.2, 0.25) is 0 Å². The highest BCUT2D eigenvalue weighted by Crippen LogP contribution is 2.18. The molecule has 0 spiro atoms. The smallest absolute Gasteiger partial charge is 0.00891 e. The Balaban J connectivity index is 3.34. The van der Waals surface area contributed by atoms with Gasteiger partial charge < -0.3 is 4.90 Å². The topological polar surface area (TPSA) is 3.24 Å². The van der Waals surface area contributed by atoms with Crippen molar-refractivity contribution in [1.29, 1.82) is 0 Å². The molecule has 1 heteroatoms. The highest BCUT2D eigenvalue weighted by atomic mass is 15.1. The molecular weight excluding hydrogens is 422 g/mol. The molecule has 0 aliphatic heterocycles. The Labute approximate surface area is 225 Å². The molecule has 0 amide bonds. The van der Waals surface area contributed by atoms with E-state index in [2.05, 4.69) is 32.8 Å². The predicted molar refractivity (Wildman–Crippen MR) is 163 cm³/mol. The van der Waals surface area contributed by atoms with E-state index in [1.54, 1.807) is 0 Å². The van der Waals surface area contributed by atoms with Crippen molar-refractivity contribution in [2.24, 2.45) is 0 Å². The largest absolute Gasteiger partial charge is 0.306 e. The summed E-state index contributed by atoms with van der Waals surface area (Å²) in [7, 11) is 4.60. The van der Waals surface area contributed by atoms with Crippen molar-refractivity contribution in [3.05, 3.63) is 0 Å². The minimum atomic E-state index is 0.820. The third-order valence-corrected chi connectivity index (χ3v) is 8.26. The van der Waals surface area contributed by atoms with Crippen LogP contribution in [-0.2, 0) is 0 Å². The van der Waals surface area contributed by atoms with E-state index in [0.29, 0.717) is 0 Å². The Morgan fingerprint density at radius 1 is 0.314 bits per heavy atom. The molecule has 0 radical (unpaired) electrons. The maximum atomic E-state index is 2.50. The molecule has 0 rings (SSSR count). The van der Waals surface area contributed by atoms with Crippen LogP contribution in [0.15, 0.2) is 0 Å². The van der Waals surface area contributed by atoms with Gasteiger partial charge in [0.05, 0.1) is 0 Å².